The van der Waals surface area contributed by atoms with Gasteiger partial charge in [0.05, 0.1) is 11.0 Å². The lowest BCUT2D eigenvalue weighted by atomic mass is 9.99. The molecule has 0 spiro atoms. The molecule has 1 heterocycles. The molecule has 0 aliphatic rings. The van der Waals surface area contributed by atoms with E-state index in [1.807, 2.05) is 0 Å². The van der Waals surface area contributed by atoms with Gasteiger partial charge in [-0.15, -0.1) is 0 Å². The zero-order valence-corrected chi connectivity index (χ0v) is 14.5. The third kappa shape index (κ3) is 4.54. The van der Waals surface area contributed by atoms with Gasteiger partial charge in [-0.05, 0) is 54.8 Å². The Morgan fingerprint density at radius 2 is 1.85 bits per heavy atom. The molecule has 0 radical (unpaired) electrons. The molecular formula is C18H16FN3O3S. The number of halogens is 1. The minimum atomic E-state index is -2.07. The summed E-state index contributed by atoms with van der Waals surface area (Å²) in [6.07, 6.45) is 4.13. The van der Waals surface area contributed by atoms with Crippen LogP contribution < -0.4 is 4.72 Å². The number of carbonyl (C=O) groups excluding carboxylic acids is 1. The smallest absolute Gasteiger partial charge is 0.231 e. The monoisotopic (exact) mass is 373 g/mol. The molecule has 1 atom stereocenters. The number of nitrogens with zero attached hydrogens (tertiary/aromatic N) is 2. The molecule has 1 unspecified atom stereocenters. The van der Waals surface area contributed by atoms with Crippen molar-refractivity contribution in [2.75, 3.05) is 6.54 Å². The first-order valence-corrected chi connectivity index (χ1v) is 9.03. The van der Waals surface area contributed by atoms with Crippen molar-refractivity contribution in [3.8, 4) is 0 Å². The van der Waals surface area contributed by atoms with Gasteiger partial charge in [0.2, 0.25) is 11.3 Å². The van der Waals surface area contributed by atoms with E-state index in [1.165, 1.54) is 12.1 Å². The van der Waals surface area contributed by atoms with Crippen LogP contribution >= 0.6 is 0 Å². The molecule has 0 aliphatic heterocycles. The molecule has 6 nitrogen and oxygen atoms in total. The van der Waals surface area contributed by atoms with E-state index in [1.54, 1.807) is 36.7 Å². The number of hydrogen-bond donors (Lipinski definition) is 2. The summed E-state index contributed by atoms with van der Waals surface area (Å²) < 4.78 is 35.5. The number of nitrogens with one attached hydrogen (secondary N) is 1. The first kappa shape index (κ1) is 18.2. The molecular weight excluding hydrogens is 357 g/mol. The Morgan fingerprint density at radius 1 is 1.08 bits per heavy atom. The summed E-state index contributed by atoms with van der Waals surface area (Å²) in [5.74, 6) is -0.794. The SMILES string of the molecule is O=C(c1cc(F)cc(CCCNS(=O)O)c1)c1ccc2nccnc2c1. The molecule has 0 bridgehead atoms. The van der Waals surface area contributed by atoms with Crippen LogP contribution in [0, 0.1) is 5.82 Å². The zero-order valence-electron chi connectivity index (χ0n) is 13.7. The van der Waals surface area contributed by atoms with Crippen molar-refractivity contribution in [2.24, 2.45) is 0 Å². The van der Waals surface area contributed by atoms with Gasteiger partial charge in [0.1, 0.15) is 5.82 Å². The largest absolute Gasteiger partial charge is 0.294 e. The van der Waals surface area contributed by atoms with Gasteiger partial charge in [0.25, 0.3) is 0 Å². The number of aromatic nitrogens is 2. The van der Waals surface area contributed by atoms with E-state index in [0.29, 0.717) is 41.5 Å². The van der Waals surface area contributed by atoms with Crippen molar-refractivity contribution < 1.29 is 17.9 Å². The van der Waals surface area contributed by atoms with E-state index in [-0.39, 0.29) is 11.3 Å². The third-order valence-corrected chi connectivity index (χ3v) is 4.27. The highest BCUT2D eigenvalue weighted by atomic mass is 32.2. The predicted octanol–water partition coefficient (Wildman–Crippen LogP) is 2.66. The summed E-state index contributed by atoms with van der Waals surface area (Å²) in [7, 11) is 0. The number of benzene rings is 2. The molecule has 26 heavy (non-hydrogen) atoms. The minimum Gasteiger partial charge on any atom is -0.294 e. The molecule has 0 aliphatic carbocycles. The summed E-state index contributed by atoms with van der Waals surface area (Å²) in [5, 5.41) is 0. The lowest BCUT2D eigenvalue weighted by molar-refractivity contribution is 0.103. The van der Waals surface area contributed by atoms with Crippen LogP contribution in [0.3, 0.4) is 0 Å². The molecule has 2 aromatic carbocycles. The van der Waals surface area contributed by atoms with Gasteiger partial charge in [0, 0.05) is 30.1 Å². The van der Waals surface area contributed by atoms with Crippen molar-refractivity contribution in [1.82, 2.24) is 14.7 Å². The van der Waals surface area contributed by atoms with E-state index in [0.717, 1.165) is 0 Å². The van der Waals surface area contributed by atoms with Crippen molar-refractivity contribution in [2.45, 2.75) is 12.8 Å². The predicted molar refractivity (Wildman–Crippen MR) is 96.5 cm³/mol. The molecule has 1 aromatic heterocycles. The number of hydrogen-bond acceptors (Lipinski definition) is 4. The Hall–Kier alpha value is -2.55. The van der Waals surface area contributed by atoms with Gasteiger partial charge in [-0.2, -0.15) is 0 Å². The summed E-state index contributed by atoms with van der Waals surface area (Å²) in [6, 6.07) is 9.19. The summed E-state index contributed by atoms with van der Waals surface area (Å²) in [5.41, 5.74) is 2.59. The van der Waals surface area contributed by atoms with Crippen molar-refractivity contribution >= 4 is 28.1 Å². The van der Waals surface area contributed by atoms with Crippen molar-refractivity contribution in [1.29, 1.82) is 0 Å². The Morgan fingerprint density at radius 3 is 2.62 bits per heavy atom. The normalized spacial score (nSPS) is 12.2. The van der Waals surface area contributed by atoms with Crippen LogP contribution in [-0.4, -0.2) is 31.1 Å². The van der Waals surface area contributed by atoms with Gasteiger partial charge in [-0.3, -0.25) is 19.3 Å². The van der Waals surface area contributed by atoms with Crippen LogP contribution in [0.25, 0.3) is 11.0 Å². The first-order chi connectivity index (χ1) is 12.5. The average molecular weight is 373 g/mol. The second-order valence-electron chi connectivity index (χ2n) is 5.68. The molecule has 0 saturated heterocycles. The van der Waals surface area contributed by atoms with E-state index < -0.39 is 17.1 Å². The molecule has 134 valence electrons. The van der Waals surface area contributed by atoms with Gasteiger partial charge in [-0.25, -0.2) is 13.3 Å². The highest BCUT2D eigenvalue weighted by Gasteiger charge is 2.13. The number of carbonyl (C=O) groups is 1. The molecule has 0 saturated carbocycles. The van der Waals surface area contributed by atoms with Gasteiger partial charge in [-0.1, -0.05) is 0 Å². The molecule has 3 aromatic rings. The molecule has 8 heteroatoms. The zero-order chi connectivity index (χ0) is 18.5. The standard InChI is InChI=1S/C18H16FN3O3S/c19-15-9-12(2-1-5-22-26(24)25)8-14(10-15)18(23)13-3-4-16-17(11-13)21-7-6-20-16/h3-4,6-11,22H,1-2,5H2,(H,24,25). The van der Waals surface area contributed by atoms with Crippen LogP contribution in [0.5, 0.6) is 0 Å². The summed E-state index contributed by atoms with van der Waals surface area (Å²) in [6.45, 7) is 0.312. The number of aryl methyl sites for hydroxylation is 1. The Balaban J connectivity index is 1.80. The molecule has 0 fully saturated rings. The highest BCUT2D eigenvalue weighted by molar-refractivity contribution is 7.77. The maximum absolute atomic E-state index is 13.9. The number of ketones is 1. The van der Waals surface area contributed by atoms with Gasteiger partial charge >= 0.3 is 0 Å². The second kappa shape index (κ2) is 8.22. The van der Waals surface area contributed by atoms with Crippen LogP contribution in [0.2, 0.25) is 0 Å². The molecule has 3 rings (SSSR count). The fraction of sp³-hybridized carbons (Fsp3) is 0.167. The first-order valence-electron chi connectivity index (χ1n) is 7.92. The summed E-state index contributed by atoms with van der Waals surface area (Å²) >= 11 is -2.07. The minimum absolute atomic E-state index is 0.252. The average Bonchev–Trinajstić information content (AvgIpc) is 2.63. The van der Waals surface area contributed by atoms with E-state index in [9.17, 15) is 13.4 Å². The van der Waals surface area contributed by atoms with Gasteiger partial charge < -0.3 is 0 Å². The second-order valence-corrected chi connectivity index (χ2v) is 6.47. The fourth-order valence-electron chi connectivity index (χ4n) is 2.65. The number of fused-ring (bicyclic) bond motifs is 1. The fourth-order valence-corrected chi connectivity index (χ4v) is 2.97. The van der Waals surface area contributed by atoms with E-state index in [2.05, 4.69) is 14.7 Å². The van der Waals surface area contributed by atoms with Crippen LogP contribution in [0.1, 0.15) is 27.9 Å². The van der Waals surface area contributed by atoms with Gasteiger partial charge in [0.15, 0.2) is 5.78 Å². The summed E-state index contributed by atoms with van der Waals surface area (Å²) in [4.78, 5) is 21.0. The third-order valence-electron chi connectivity index (χ3n) is 3.82. The van der Waals surface area contributed by atoms with Crippen LogP contribution in [-0.2, 0) is 17.7 Å². The van der Waals surface area contributed by atoms with Crippen molar-refractivity contribution in [3.05, 3.63) is 71.3 Å². The molecule has 2 N–H and O–H groups in total. The van der Waals surface area contributed by atoms with Crippen LogP contribution in [0.4, 0.5) is 4.39 Å². The number of rotatable bonds is 7. The van der Waals surface area contributed by atoms with E-state index in [4.69, 9.17) is 4.55 Å². The topological polar surface area (TPSA) is 92.2 Å². The lowest BCUT2D eigenvalue weighted by Crippen LogP contribution is -2.17. The Bertz CT molecular complexity index is 981. The maximum atomic E-state index is 13.9. The van der Waals surface area contributed by atoms with E-state index >= 15 is 0 Å². The highest BCUT2D eigenvalue weighted by Crippen LogP contribution is 2.18. The molecule has 0 amide bonds. The Labute approximate surface area is 151 Å². The Kier molecular flexibility index (Phi) is 5.77. The quantitative estimate of drug-likeness (QED) is 0.377. The lowest BCUT2D eigenvalue weighted by Gasteiger charge is -2.07. The van der Waals surface area contributed by atoms with Crippen LogP contribution in [0.15, 0.2) is 48.8 Å². The van der Waals surface area contributed by atoms with Crippen molar-refractivity contribution in [3.63, 3.8) is 0 Å². The maximum Gasteiger partial charge on any atom is 0.231 e.